The van der Waals surface area contributed by atoms with Crippen molar-refractivity contribution in [2.75, 3.05) is 12.3 Å². The van der Waals surface area contributed by atoms with Crippen LogP contribution in [0, 0.1) is 0 Å². The number of benzene rings is 2. The Kier molecular flexibility index (Phi) is 4.85. The summed E-state index contributed by atoms with van der Waals surface area (Å²) in [6.45, 7) is 0.893. The third-order valence-corrected chi connectivity index (χ3v) is 6.96. The van der Waals surface area contributed by atoms with Crippen molar-refractivity contribution in [1.82, 2.24) is 14.1 Å². The molecule has 1 unspecified atom stereocenters. The number of rotatable bonds is 5. The predicted molar refractivity (Wildman–Crippen MR) is 106 cm³/mol. The van der Waals surface area contributed by atoms with Crippen molar-refractivity contribution in [3.63, 3.8) is 0 Å². The molecule has 1 aromatic heterocycles. The van der Waals surface area contributed by atoms with Crippen LogP contribution in [0.15, 0.2) is 67.0 Å². The summed E-state index contributed by atoms with van der Waals surface area (Å²) >= 11 is 0. The lowest BCUT2D eigenvalue weighted by Crippen LogP contribution is -2.40. The second-order valence-corrected chi connectivity index (χ2v) is 9.13. The van der Waals surface area contributed by atoms with E-state index >= 15 is 0 Å². The number of aromatic nitrogens is 2. The van der Waals surface area contributed by atoms with Crippen molar-refractivity contribution in [1.29, 1.82) is 0 Å². The maximum absolute atomic E-state index is 13.1. The van der Waals surface area contributed by atoms with Gasteiger partial charge < -0.3 is 0 Å². The molecule has 2 heterocycles. The number of aryl methyl sites for hydroxylation is 2. The van der Waals surface area contributed by atoms with Gasteiger partial charge in [0.15, 0.2) is 0 Å². The van der Waals surface area contributed by atoms with E-state index in [1.807, 2.05) is 68.0 Å². The first-order valence-electron chi connectivity index (χ1n) is 9.11. The molecular formula is C21H23N3O2S. The molecule has 5 nitrogen and oxygen atoms in total. The highest BCUT2D eigenvalue weighted by Crippen LogP contribution is 2.34. The molecule has 1 aliphatic rings. The second kappa shape index (κ2) is 7.29. The summed E-state index contributed by atoms with van der Waals surface area (Å²) in [4.78, 5) is 0. The van der Waals surface area contributed by atoms with Gasteiger partial charge in [0, 0.05) is 32.3 Å². The summed E-state index contributed by atoms with van der Waals surface area (Å²) in [6.07, 6.45) is 4.34. The molecule has 2 aromatic carbocycles. The van der Waals surface area contributed by atoms with E-state index < -0.39 is 10.0 Å². The first-order chi connectivity index (χ1) is 13.0. The van der Waals surface area contributed by atoms with Gasteiger partial charge in [-0.05, 0) is 28.7 Å². The lowest BCUT2D eigenvalue weighted by Gasteiger charge is -2.33. The van der Waals surface area contributed by atoms with Crippen molar-refractivity contribution in [2.24, 2.45) is 7.05 Å². The summed E-state index contributed by atoms with van der Waals surface area (Å²) in [5, 5.41) is 4.28. The van der Waals surface area contributed by atoms with Gasteiger partial charge in [0.1, 0.15) is 0 Å². The minimum absolute atomic E-state index is 0.00940. The fourth-order valence-electron chi connectivity index (χ4n) is 3.71. The summed E-state index contributed by atoms with van der Waals surface area (Å²) in [7, 11) is -1.47. The minimum Gasteiger partial charge on any atom is -0.276 e. The average molecular weight is 382 g/mol. The maximum atomic E-state index is 13.1. The predicted octanol–water partition coefficient (Wildman–Crippen LogP) is 2.94. The Morgan fingerprint density at radius 2 is 1.81 bits per heavy atom. The van der Waals surface area contributed by atoms with Gasteiger partial charge in [0.05, 0.1) is 11.9 Å². The highest BCUT2D eigenvalue weighted by Gasteiger charge is 2.33. The SMILES string of the molecule is Cn1cc(C2CN(S(=O)(=O)CCc3ccccc3)Cc3ccccc32)cn1. The molecule has 4 rings (SSSR count). The molecule has 0 saturated carbocycles. The first kappa shape index (κ1) is 17.9. The quantitative estimate of drug-likeness (QED) is 0.683. The van der Waals surface area contributed by atoms with Gasteiger partial charge in [-0.25, -0.2) is 8.42 Å². The van der Waals surface area contributed by atoms with Crippen LogP contribution in [0.1, 0.15) is 28.2 Å². The Bertz CT molecular complexity index is 1030. The molecule has 27 heavy (non-hydrogen) atoms. The Hall–Kier alpha value is -2.44. The molecule has 1 aliphatic heterocycles. The molecule has 140 valence electrons. The van der Waals surface area contributed by atoms with Crippen molar-refractivity contribution in [3.05, 3.63) is 89.2 Å². The van der Waals surface area contributed by atoms with Gasteiger partial charge in [-0.15, -0.1) is 0 Å². The average Bonchev–Trinajstić information content (AvgIpc) is 3.12. The molecular weight excluding hydrogens is 358 g/mol. The van der Waals surface area contributed by atoms with E-state index in [1.165, 1.54) is 5.56 Å². The molecule has 0 radical (unpaired) electrons. The van der Waals surface area contributed by atoms with E-state index in [9.17, 15) is 8.42 Å². The standard InChI is InChI=1S/C21H23N3O2S/c1-23-14-19(13-22-23)21-16-24(15-18-9-5-6-10-20(18)21)27(25,26)12-11-17-7-3-2-4-8-17/h2-10,13-14,21H,11-12,15-16H2,1H3. The minimum atomic E-state index is -3.35. The van der Waals surface area contributed by atoms with Gasteiger partial charge >= 0.3 is 0 Å². The zero-order valence-corrected chi connectivity index (χ0v) is 16.1. The Balaban J connectivity index is 1.60. The molecule has 0 amide bonds. The van der Waals surface area contributed by atoms with E-state index in [-0.39, 0.29) is 11.7 Å². The van der Waals surface area contributed by atoms with Crippen molar-refractivity contribution in [3.8, 4) is 0 Å². The number of fused-ring (bicyclic) bond motifs is 1. The van der Waals surface area contributed by atoms with Gasteiger partial charge in [-0.3, -0.25) is 4.68 Å². The largest absolute Gasteiger partial charge is 0.276 e. The third kappa shape index (κ3) is 3.82. The van der Waals surface area contributed by atoms with Gasteiger partial charge in [0.25, 0.3) is 0 Å². The fraction of sp³-hybridized carbons (Fsp3) is 0.286. The zero-order valence-electron chi connectivity index (χ0n) is 15.3. The molecule has 0 N–H and O–H groups in total. The first-order valence-corrected chi connectivity index (χ1v) is 10.7. The molecule has 0 spiro atoms. The van der Waals surface area contributed by atoms with Crippen LogP contribution in [-0.4, -0.2) is 34.8 Å². The van der Waals surface area contributed by atoms with Crippen LogP contribution in [0.2, 0.25) is 0 Å². The van der Waals surface area contributed by atoms with E-state index in [1.54, 1.807) is 8.99 Å². The van der Waals surface area contributed by atoms with Crippen LogP contribution in [0.5, 0.6) is 0 Å². The Labute approximate surface area is 160 Å². The Morgan fingerprint density at radius 1 is 1.07 bits per heavy atom. The van der Waals surface area contributed by atoms with Crippen LogP contribution in [-0.2, 0) is 30.0 Å². The smallest absolute Gasteiger partial charge is 0.214 e. The normalized spacial score (nSPS) is 17.6. The summed E-state index contributed by atoms with van der Waals surface area (Å²) < 4.78 is 29.5. The van der Waals surface area contributed by atoms with Crippen LogP contribution >= 0.6 is 0 Å². The van der Waals surface area contributed by atoms with E-state index in [4.69, 9.17) is 0 Å². The highest BCUT2D eigenvalue weighted by atomic mass is 32.2. The van der Waals surface area contributed by atoms with Gasteiger partial charge in [0.2, 0.25) is 10.0 Å². The van der Waals surface area contributed by atoms with Crippen LogP contribution < -0.4 is 0 Å². The van der Waals surface area contributed by atoms with Crippen molar-refractivity contribution >= 4 is 10.0 Å². The monoisotopic (exact) mass is 381 g/mol. The molecule has 0 saturated heterocycles. The van der Waals surface area contributed by atoms with Crippen LogP contribution in [0.25, 0.3) is 0 Å². The fourth-order valence-corrected chi connectivity index (χ4v) is 5.18. The molecule has 0 aliphatic carbocycles. The lowest BCUT2D eigenvalue weighted by atomic mass is 9.87. The van der Waals surface area contributed by atoms with E-state index in [0.29, 0.717) is 19.5 Å². The number of hydrogen-bond acceptors (Lipinski definition) is 3. The molecule has 3 aromatic rings. The highest BCUT2D eigenvalue weighted by molar-refractivity contribution is 7.89. The number of sulfonamides is 1. The third-order valence-electron chi connectivity index (χ3n) is 5.18. The topological polar surface area (TPSA) is 55.2 Å². The molecule has 1 atom stereocenters. The number of hydrogen-bond donors (Lipinski definition) is 0. The van der Waals surface area contributed by atoms with E-state index in [0.717, 1.165) is 16.7 Å². The van der Waals surface area contributed by atoms with Gasteiger partial charge in [-0.1, -0.05) is 54.6 Å². The molecule has 0 bridgehead atoms. The lowest BCUT2D eigenvalue weighted by molar-refractivity contribution is 0.371. The van der Waals surface area contributed by atoms with Gasteiger partial charge in [-0.2, -0.15) is 9.40 Å². The summed E-state index contributed by atoms with van der Waals surface area (Å²) in [5.74, 6) is 0.133. The van der Waals surface area contributed by atoms with Crippen LogP contribution in [0.3, 0.4) is 0 Å². The summed E-state index contributed by atoms with van der Waals surface area (Å²) in [6, 6.07) is 17.9. The Morgan fingerprint density at radius 3 is 2.56 bits per heavy atom. The van der Waals surface area contributed by atoms with E-state index in [2.05, 4.69) is 11.2 Å². The zero-order chi connectivity index (χ0) is 18.9. The van der Waals surface area contributed by atoms with Crippen molar-refractivity contribution < 1.29 is 8.42 Å². The second-order valence-electron chi connectivity index (χ2n) is 7.04. The van der Waals surface area contributed by atoms with Crippen LogP contribution in [0.4, 0.5) is 0 Å². The summed E-state index contributed by atoms with van der Waals surface area (Å²) in [5.41, 5.74) is 4.36. The maximum Gasteiger partial charge on any atom is 0.214 e. The molecule has 0 fully saturated rings. The van der Waals surface area contributed by atoms with Crippen molar-refractivity contribution in [2.45, 2.75) is 18.9 Å². The number of nitrogens with zero attached hydrogens (tertiary/aromatic N) is 3. The molecule has 6 heteroatoms.